The maximum absolute atomic E-state index is 14.6. The minimum absolute atomic E-state index is 0.367. The van der Waals surface area contributed by atoms with Crippen molar-refractivity contribution in [3.63, 3.8) is 0 Å². The summed E-state index contributed by atoms with van der Waals surface area (Å²) in [6, 6.07) is 0. The van der Waals surface area contributed by atoms with Gasteiger partial charge in [0.15, 0.2) is 0 Å². The van der Waals surface area contributed by atoms with Crippen LogP contribution in [0.3, 0.4) is 0 Å². The van der Waals surface area contributed by atoms with E-state index in [1.807, 2.05) is 0 Å². The SMILES string of the molecule is CC1CCC(C23CCC(I)(CC2)C(F)=C3F)CC1. The van der Waals surface area contributed by atoms with Gasteiger partial charge in [-0.25, -0.2) is 8.78 Å². The van der Waals surface area contributed by atoms with Gasteiger partial charge in [-0.3, -0.25) is 0 Å². The van der Waals surface area contributed by atoms with Crippen LogP contribution in [0.5, 0.6) is 0 Å². The van der Waals surface area contributed by atoms with Crippen molar-refractivity contribution < 1.29 is 8.78 Å². The van der Waals surface area contributed by atoms with E-state index in [0.717, 1.165) is 44.4 Å². The molecule has 2 fully saturated rings. The zero-order valence-corrected chi connectivity index (χ0v) is 13.1. The van der Waals surface area contributed by atoms with Crippen LogP contribution in [0.4, 0.5) is 8.78 Å². The van der Waals surface area contributed by atoms with Gasteiger partial charge in [0.05, 0.1) is 3.42 Å². The van der Waals surface area contributed by atoms with E-state index in [1.54, 1.807) is 0 Å². The smallest absolute Gasteiger partial charge is 0.148 e. The molecule has 4 aliphatic carbocycles. The van der Waals surface area contributed by atoms with E-state index >= 15 is 0 Å². The second-order valence-corrected chi connectivity index (χ2v) is 8.77. The number of alkyl halides is 1. The summed E-state index contributed by atoms with van der Waals surface area (Å²) in [5.74, 6) is 0.374. The number of halogens is 3. The lowest BCUT2D eigenvalue weighted by Gasteiger charge is -2.53. The average Bonchev–Trinajstić information content (AvgIpc) is 2.38. The van der Waals surface area contributed by atoms with Gasteiger partial charge in [-0.15, -0.1) is 0 Å². The summed E-state index contributed by atoms with van der Waals surface area (Å²) in [6.07, 6.45) is 7.97. The third kappa shape index (κ3) is 1.79. The highest BCUT2D eigenvalue weighted by Crippen LogP contribution is 2.64. The molecule has 0 radical (unpaired) electrons. The Balaban J connectivity index is 1.91. The van der Waals surface area contributed by atoms with Crippen molar-refractivity contribution in [2.75, 3.05) is 0 Å². The third-order valence-electron chi connectivity index (χ3n) is 5.76. The number of hydrogen-bond donors (Lipinski definition) is 0. The van der Waals surface area contributed by atoms with Crippen molar-refractivity contribution in [3.05, 3.63) is 11.7 Å². The molecule has 0 spiro atoms. The van der Waals surface area contributed by atoms with Crippen LogP contribution in [0, 0.1) is 17.3 Å². The van der Waals surface area contributed by atoms with Crippen LogP contribution in [-0.4, -0.2) is 3.42 Å². The van der Waals surface area contributed by atoms with Crippen molar-refractivity contribution in [1.29, 1.82) is 0 Å². The van der Waals surface area contributed by atoms with Gasteiger partial charge in [-0.05, 0) is 50.4 Å². The lowest BCUT2D eigenvalue weighted by molar-refractivity contribution is 0.0384. The van der Waals surface area contributed by atoms with Gasteiger partial charge in [0.2, 0.25) is 0 Å². The normalized spacial score (nSPS) is 48.7. The fourth-order valence-corrected chi connectivity index (χ4v) is 5.12. The molecule has 4 aliphatic rings. The van der Waals surface area contributed by atoms with Gasteiger partial charge in [-0.1, -0.05) is 42.4 Å². The van der Waals surface area contributed by atoms with Gasteiger partial charge in [0.1, 0.15) is 11.7 Å². The quantitative estimate of drug-likeness (QED) is 0.412. The van der Waals surface area contributed by atoms with Crippen LogP contribution in [0.25, 0.3) is 0 Å². The highest BCUT2D eigenvalue weighted by molar-refractivity contribution is 14.1. The molecule has 2 bridgehead atoms. The molecule has 2 saturated carbocycles. The first-order chi connectivity index (χ1) is 8.48. The predicted molar refractivity (Wildman–Crippen MR) is 78.0 cm³/mol. The molecular weight excluding hydrogens is 345 g/mol. The Labute approximate surface area is 122 Å². The zero-order valence-electron chi connectivity index (χ0n) is 10.9. The highest BCUT2D eigenvalue weighted by atomic mass is 127. The summed E-state index contributed by atoms with van der Waals surface area (Å²) < 4.78 is 28.3. The fraction of sp³-hybridized carbons (Fsp3) is 0.867. The molecule has 0 atom stereocenters. The standard InChI is InChI=1S/C15H21F2I/c1-10-2-4-11(5-3-10)14-6-8-15(18,9-7-14)13(17)12(14)16/h10-11H,2-9H2,1H3. The molecule has 4 rings (SSSR count). The molecular formula is C15H21F2I. The number of fused-ring (bicyclic) bond motifs is 2. The molecule has 0 aliphatic heterocycles. The van der Waals surface area contributed by atoms with Crippen molar-refractivity contribution >= 4 is 22.6 Å². The maximum Gasteiger partial charge on any atom is 0.148 e. The van der Waals surface area contributed by atoms with E-state index in [2.05, 4.69) is 29.5 Å². The Morgan fingerprint density at radius 3 is 2.06 bits per heavy atom. The predicted octanol–water partition coefficient (Wildman–Crippen LogP) is 5.71. The first-order valence-electron chi connectivity index (χ1n) is 7.23. The summed E-state index contributed by atoms with van der Waals surface area (Å²) in [6.45, 7) is 2.28. The van der Waals surface area contributed by atoms with Gasteiger partial charge in [-0.2, -0.15) is 0 Å². The molecule has 0 unspecified atom stereocenters. The summed E-state index contributed by atoms with van der Waals surface area (Å²) in [4.78, 5) is 0. The first kappa shape index (κ1) is 13.3. The summed E-state index contributed by atoms with van der Waals surface area (Å²) >= 11 is 2.14. The van der Waals surface area contributed by atoms with Crippen molar-refractivity contribution in [2.45, 2.75) is 61.7 Å². The molecule has 0 nitrogen and oxygen atoms in total. The average molecular weight is 366 g/mol. The Hall–Kier alpha value is 0.330. The molecule has 0 aromatic carbocycles. The lowest BCUT2D eigenvalue weighted by atomic mass is 9.55. The van der Waals surface area contributed by atoms with Crippen LogP contribution >= 0.6 is 22.6 Å². The summed E-state index contributed by atoms with van der Waals surface area (Å²) in [5, 5.41) is 0. The largest absolute Gasteiger partial charge is 0.208 e. The van der Waals surface area contributed by atoms with Crippen LogP contribution in [0.15, 0.2) is 11.7 Å². The van der Waals surface area contributed by atoms with E-state index in [9.17, 15) is 8.78 Å². The topological polar surface area (TPSA) is 0 Å². The monoisotopic (exact) mass is 366 g/mol. The number of rotatable bonds is 1. The van der Waals surface area contributed by atoms with Crippen LogP contribution in [0.2, 0.25) is 0 Å². The second-order valence-electron chi connectivity index (χ2n) is 6.71. The molecule has 0 aromatic heterocycles. The molecule has 18 heavy (non-hydrogen) atoms. The molecule has 0 N–H and O–H groups in total. The zero-order chi connectivity index (χ0) is 13.0. The Morgan fingerprint density at radius 1 is 0.944 bits per heavy atom. The van der Waals surface area contributed by atoms with Crippen molar-refractivity contribution in [3.8, 4) is 0 Å². The molecule has 0 amide bonds. The second kappa shape index (κ2) is 4.42. The summed E-state index contributed by atoms with van der Waals surface area (Å²) in [5.41, 5.74) is -0.419. The van der Waals surface area contributed by atoms with E-state index < -0.39 is 14.7 Å². The number of hydrogen-bond acceptors (Lipinski definition) is 0. The third-order valence-corrected chi connectivity index (χ3v) is 7.31. The molecule has 0 aromatic rings. The van der Waals surface area contributed by atoms with Crippen LogP contribution < -0.4 is 0 Å². The lowest BCUT2D eigenvalue weighted by Crippen LogP contribution is -2.47. The Bertz CT molecular complexity index is 372. The van der Waals surface area contributed by atoms with Crippen LogP contribution in [0.1, 0.15) is 58.3 Å². The maximum atomic E-state index is 14.6. The first-order valence-corrected chi connectivity index (χ1v) is 8.31. The molecule has 0 saturated heterocycles. The number of allylic oxidation sites excluding steroid dienone is 2. The van der Waals surface area contributed by atoms with Crippen LogP contribution in [-0.2, 0) is 0 Å². The molecule has 102 valence electrons. The van der Waals surface area contributed by atoms with Gasteiger partial charge in [0.25, 0.3) is 0 Å². The fourth-order valence-electron chi connectivity index (χ4n) is 4.35. The van der Waals surface area contributed by atoms with Gasteiger partial charge >= 0.3 is 0 Å². The van der Waals surface area contributed by atoms with E-state index in [4.69, 9.17) is 0 Å². The van der Waals surface area contributed by atoms with E-state index in [0.29, 0.717) is 5.92 Å². The van der Waals surface area contributed by atoms with Gasteiger partial charge in [0, 0.05) is 5.41 Å². The Morgan fingerprint density at radius 2 is 1.50 bits per heavy atom. The minimum atomic E-state index is -0.508. The van der Waals surface area contributed by atoms with E-state index in [1.165, 1.54) is 12.8 Å². The molecule has 0 heterocycles. The van der Waals surface area contributed by atoms with E-state index in [-0.39, 0.29) is 5.83 Å². The van der Waals surface area contributed by atoms with Crippen molar-refractivity contribution in [1.82, 2.24) is 0 Å². The molecule has 3 heteroatoms. The Kier molecular flexibility index (Phi) is 3.27. The summed E-state index contributed by atoms with van der Waals surface area (Å²) in [7, 11) is 0. The minimum Gasteiger partial charge on any atom is -0.208 e. The van der Waals surface area contributed by atoms with Gasteiger partial charge < -0.3 is 0 Å². The van der Waals surface area contributed by atoms with Crippen molar-refractivity contribution in [2.24, 2.45) is 17.3 Å². The highest BCUT2D eigenvalue weighted by Gasteiger charge is 2.57.